The number of methoxy groups -OCH3 is 2. The maximum absolute atomic E-state index is 13.6. The Labute approximate surface area is 212 Å². The van der Waals surface area contributed by atoms with Gasteiger partial charge in [-0.05, 0) is 42.7 Å². The van der Waals surface area contributed by atoms with E-state index in [0.717, 1.165) is 53.8 Å². The van der Waals surface area contributed by atoms with Crippen LogP contribution < -0.4 is 14.2 Å². The molecule has 0 N–H and O–H groups in total. The lowest BCUT2D eigenvalue weighted by atomic mass is 9.73. The van der Waals surface area contributed by atoms with Gasteiger partial charge in [0, 0.05) is 23.0 Å². The van der Waals surface area contributed by atoms with Crippen LogP contribution in [0.4, 0.5) is 0 Å². The number of nitrogens with zero attached hydrogens (tertiary/aromatic N) is 2. The Morgan fingerprint density at radius 3 is 2.33 bits per heavy atom. The number of hydrazone groups is 1. The molecule has 3 aromatic carbocycles. The van der Waals surface area contributed by atoms with E-state index < -0.39 is 0 Å². The van der Waals surface area contributed by atoms with Crippen molar-refractivity contribution in [1.29, 1.82) is 0 Å². The van der Waals surface area contributed by atoms with Crippen molar-refractivity contribution in [3.63, 3.8) is 0 Å². The summed E-state index contributed by atoms with van der Waals surface area (Å²) in [5, 5.41) is 6.59. The second kappa shape index (κ2) is 10.9. The van der Waals surface area contributed by atoms with Crippen LogP contribution in [0.25, 0.3) is 0 Å². The molecule has 1 aliphatic heterocycles. The monoisotopic (exact) mass is 484 g/mol. The maximum Gasteiger partial charge on any atom is 0.246 e. The smallest absolute Gasteiger partial charge is 0.246 e. The van der Waals surface area contributed by atoms with Crippen LogP contribution in [-0.2, 0) is 17.9 Å². The van der Waals surface area contributed by atoms with E-state index in [1.54, 1.807) is 19.2 Å². The molecule has 0 saturated heterocycles. The molecule has 0 bridgehead atoms. The Morgan fingerprint density at radius 1 is 0.833 bits per heavy atom. The molecular formula is C30H32N2O4. The summed E-state index contributed by atoms with van der Waals surface area (Å²) < 4.78 is 17.1. The average molecular weight is 485 g/mol. The zero-order valence-electron chi connectivity index (χ0n) is 20.9. The maximum atomic E-state index is 13.6. The van der Waals surface area contributed by atoms with Gasteiger partial charge in [0.2, 0.25) is 5.91 Å². The minimum Gasteiger partial charge on any atom is -0.493 e. The molecule has 1 saturated carbocycles. The fraction of sp³-hybridized carbons (Fsp3) is 0.333. The molecule has 0 spiro atoms. The van der Waals surface area contributed by atoms with Crippen LogP contribution in [0.1, 0.15) is 42.4 Å². The Bertz CT molecular complexity index is 1240. The van der Waals surface area contributed by atoms with Crippen LogP contribution in [0, 0.1) is 11.8 Å². The molecule has 1 fully saturated rings. The van der Waals surface area contributed by atoms with Crippen LogP contribution in [-0.4, -0.2) is 30.8 Å². The van der Waals surface area contributed by atoms with Gasteiger partial charge in [-0.15, -0.1) is 0 Å². The minimum atomic E-state index is -0.0586. The molecule has 6 heteroatoms. The van der Waals surface area contributed by atoms with E-state index in [2.05, 4.69) is 0 Å². The van der Waals surface area contributed by atoms with Gasteiger partial charge in [0.1, 0.15) is 12.4 Å². The second-order valence-electron chi connectivity index (χ2n) is 9.33. The number of carbonyl (C=O) groups is 1. The third-order valence-electron chi connectivity index (χ3n) is 7.13. The molecule has 5 rings (SSSR count). The van der Waals surface area contributed by atoms with Crippen LogP contribution in [0.15, 0.2) is 77.9 Å². The predicted octanol–water partition coefficient (Wildman–Crippen LogP) is 5.84. The predicted molar refractivity (Wildman–Crippen MR) is 139 cm³/mol. The van der Waals surface area contributed by atoms with Crippen molar-refractivity contribution in [3.8, 4) is 17.2 Å². The molecule has 186 valence electrons. The summed E-state index contributed by atoms with van der Waals surface area (Å²) in [5.41, 5.74) is 3.95. The third-order valence-corrected chi connectivity index (χ3v) is 7.13. The lowest BCUT2D eigenvalue weighted by Gasteiger charge is -2.38. The average Bonchev–Trinajstić information content (AvgIpc) is 2.94. The van der Waals surface area contributed by atoms with Crippen LogP contribution in [0.5, 0.6) is 17.2 Å². The Kier molecular flexibility index (Phi) is 7.21. The molecule has 1 amide bonds. The van der Waals surface area contributed by atoms with Gasteiger partial charge >= 0.3 is 0 Å². The van der Waals surface area contributed by atoms with Crippen molar-refractivity contribution >= 4 is 11.6 Å². The van der Waals surface area contributed by atoms with Gasteiger partial charge in [0.15, 0.2) is 11.5 Å². The number of hydrogen-bond acceptors (Lipinski definition) is 5. The van der Waals surface area contributed by atoms with E-state index in [9.17, 15) is 4.79 Å². The van der Waals surface area contributed by atoms with Crippen molar-refractivity contribution in [2.45, 2.75) is 38.8 Å². The molecule has 0 aromatic heterocycles. The molecule has 2 aliphatic rings. The van der Waals surface area contributed by atoms with Crippen molar-refractivity contribution in [2.75, 3.05) is 14.2 Å². The third kappa shape index (κ3) is 4.94. The highest BCUT2D eigenvalue weighted by Gasteiger charge is 2.41. The number of benzene rings is 3. The number of amides is 1. The highest BCUT2D eigenvalue weighted by atomic mass is 16.5. The van der Waals surface area contributed by atoms with Crippen LogP contribution in [0.2, 0.25) is 0 Å². The topological polar surface area (TPSA) is 60.4 Å². The molecule has 0 radical (unpaired) electrons. The zero-order valence-corrected chi connectivity index (χ0v) is 20.9. The lowest BCUT2D eigenvalue weighted by Crippen LogP contribution is -2.45. The zero-order chi connectivity index (χ0) is 24.9. The Hall–Kier alpha value is -3.80. The first kappa shape index (κ1) is 23.9. The van der Waals surface area contributed by atoms with E-state index in [1.165, 1.54) is 0 Å². The summed E-state index contributed by atoms with van der Waals surface area (Å²) in [5.74, 6) is 2.26. The molecule has 1 aliphatic carbocycles. The first-order chi connectivity index (χ1) is 17.7. The SMILES string of the molecule is COc1ccc(C2=NN(Cc3ccccc3OCc3ccccc3)C(=O)C3CCCCC23)cc1OC. The number of fused-ring (bicyclic) bond motifs is 1. The molecular weight excluding hydrogens is 452 g/mol. The first-order valence-electron chi connectivity index (χ1n) is 12.5. The summed E-state index contributed by atoms with van der Waals surface area (Å²) in [7, 11) is 3.26. The van der Waals surface area contributed by atoms with Gasteiger partial charge in [-0.2, -0.15) is 5.10 Å². The van der Waals surface area contributed by atoms with Crippen molar-refractivity contribution in [3.05, 3.63) is 89.5 Å². The van der Waals surface area contributed by atoms with Crippen LogP contribution >= 0.6 is 0 Å². The quantitative estimate of drug-likeness (QED) is 0.403. The standard InChI is InChI=1S/C30H32N2O4/c1-34-27-17-16-22(18-28(27)35-2)29-24-13-7-8-14-25(24)30(33)32(31-29)19-23-12-6-9-15-26(23)36-20-21-10-4-3-5-11-21/h3-6,9-12,15-18,24-25H,7-8,13-14,19-20H2,1-2H3. The van der Waals surface area contributed by atoms with E-state index in [0.29, 0.717) is 24.7 Å². The van der Waals surface area contributed by atoms with Gasteiger partial charge in [0.05, 0.1) is 26.5 Å². The second-order valence-corrected chi connectivity index (χ2v) is 9.33. The fourth-order valence-corrected chi connectivity index (χ4v) is 5.25. The normalized spacial score (nSPS) is 19.3. The van der Waals surface area contributed by atoms with Gasteiger partial charge in [0.25, 0.3) is 0 Å². The number of ether oxygens (including phenoxy) is 3. The number of carbonyl (C=O) groups excluding carboxylic acids is 1. The Balaban J connectivity index is 1.45. The number of para-hydroxylation sites is 1. The molecule has 3 aromatic rings. The van der Waals surface area contributed by atoms with E-state index in [-0.39, 0.29) is 17.7 Å². The van der Waals surface area contributed by atoms with E-state index >= 15 is 0 Å². The van der Waals surface area contributed by atoms with Gasteiger partial charge in [-0.3, -0.25) is 4.79 Å². The van der Waals surface area contributed by atoms with Gasteiger partial charge < -0.3 is 14.2 Å². The van der Waals surface area contributed by atoms with Crippen molar-refractivity contribution < 1.29 is 19.0 Å². The highest BCUT2D eigenvalue weighted by molar-refractivity contribution is 6.07. The molecule has 36 heavy (non-hydrogen) atoms. The van der Waals surface area contributed by atoms with E-state index in [4.69, 9.17) is 19.3 Å². The molecule has 2 unspecified atom stereocenters. The van der Waals surface area contributed by atoms with Crippen molar-refractivity contribution in [2.24, 2.45) is 16.9 Å². The molecule has 1 heterocycles. The highest BCUT2D eigenvalue weighted by Crippen LogP contribution is 2.39. The minimum absolute atomic E-state index is 0.0586. The van der Waals surface area contributed by atoms with Gasteiger partial charge in [-0.25, -0.2) is 5.01 Å². The largest absolute Gasteiger partial charge is 0.493 e. The number of rotatable bonds is 8. The molecule has 2 atom stereocenters. The van der Waals surface area contributed by atoms with Crippen molar-refractivity contribution in [1.82, 2.24) is 5.01 Å². The first-order valence-corrected chi connectivity index (χ1v) is 12.5. The molecule has 6 nitrogen and oxygen atoms in total. The number of hydrogen-bond donors (Lipinski definition) is 0. The lowest BCUT2D eigenvalue weighted by molar-refractivity contribution is -0.139. The van der Waals surface area contributed by atoms with Crippen LogP contribution in [0.3, 0.4) is 0 Å². The summed E-state index contributed by atoms with van der Waals surface area (Å²) in [6, 6.07) is 23.8. The summed E-state index contributed by atoms with van der Waals surface area (Å²) in [4.78, 5) is 13.6. The summed E-state index contributed by atoms with van der Waals surface area (Å²) in [6.45, 7) is 0.834. The fourth-order valence-electron chi connectivity index (χ4n) is 5.25. The Morgan fingerprint density at radius 2 is 1.56 bits per heavy atom. The van der Waals surface area contributed by atoms with Gasteiger partial charge in [-0.1, -0.05) is 61.4 Å². The van der Waals surface area contributed by atoms with E-state index in [1.807, 2.05) is 72.8 Å². The summed E-state index contributed by atoms with van der Waals surface area (Å²) >= 11 is 0. The summed E-state index contributed by atoms with van der Waals surface area (Å²) in [6.07, 6.45) is 4.03.